The van der Waals surface area contributed by atoms with Crippen molar-refractivity contribution >= 4 is 29.0 Å². The first-order valence-electron chi connectivity index (χ1n) is 10.0. The maximum absolute atomic E-state index is 12.8. The second-order valence-corrected chi connectivity index (χ2v) is 7.88. The molecule has 3 aromatic heterocycles. The van der Waals surface area contributed by atoms with Gasteiger partial charge in [0.2, 0.25) is 0 Å². The molecular weight excluding hydrogens is 424 g/mol. The van der Waals surface area contributed by atoms with Crippen LogP contribution in [-0.2, 0) is 7.05 Å². The second-order valence-electron chi connectivity index (χ2n) is 7.47. The van der Waals surface area contributed by atoms with Gasteiger partial charge in [0.15, 0.2) is 11.5 Å². The molecule has 0 fully saturated rings. The smallest absolute Gasteiger partial charge is 0.256 e. The number of anilines is 1. The number of nitrogens with zero attached hydrogens (tertiary/aromatic N) is 5. The van der Waals surface area contributed by atoms with Crippen LogP contribution in [-0.4, -0.2) is 30.3 Å². The van der Waals surface area contributed by atoms with E-state index in [1.54, 1.807) is 24.0 Å². The fourth-order valence-corrected chi connectivity index (χ4v) is 3.86. The summed E-state index contributed by atoms with van der Waals surface area (Å²) in [7, 11) is 1.78. The van der Waals surface area contributed by atoms with Crippen molar-refractivity contribution in [3.05, 3.63) is 89.2 Å². The van der Waals surface area contributed by atoms with E-state index in [-0.39, 0.29) is 5.91 Å². The molecule has 0 atom stereocenters. The van der Waals surface area contributed by atoms with Crippen LogP contribution in [0.5, 0.6) is 0 Å². The summed E-state index contributed by atoms with van der Waals surface area (Å²) in [5.41, 5.74) is 5.03. The molecule has 2 aromatic carbocycles. The minimum Gasteiger partial charge on any atom is -0.307 e. The zero-order valence-electron chi connectivity index (χ0n) is 17.5. The third-order valence-corrected chi connectivity index (χ3v) is 5.73. The summed E-state index contributed by atoms with van der Waals surface area (Å²) in [6, 6.07) is 18.9. The molecule has 0 aliphatic heterocycles. The molecular formula is C24H19ClN6O. The van der Waals surface area contributed by atoms with Gasteiger partial charge in [-0.3, -0.25) is 13.9 Å². The average molecular weight is 443 g/mol. The standard InChI is InChI=1S/C24H19ClN6O/c1-15-7-8-17(24(32)27-21-9-11-26-30(21)2)13-19(15)16-10-12-31-22(14-16)28-29-23(31)18-5-3-4-6-20(18)25/h3-14H,1-2H3,(H,27,32). The number of benzene rings is 2. The molecule has 0 aliphatic carbocycles. The predicted octanol–water partition coefficient (Wildman–Crippen LogP) is 5.01. The molecule has 0 radical (unpaired) electrons. The summed E-state index contributed by atoms with van der Waals surface area (Å²) in [6.07, 6.45) is 3.56. The fourth-order valence-electron chi connectivity index (χ4n) is 3.64. The molecule has 32 heavy (non-hydrogen) atoms. The zero-order chi connectivity index (χ0) is 22.2. The number of amides is 1. The number of rotatable bonds is 4. The lowest BCUT2D eigenvalue weighted by Crippen LogP contribution is -2.14. The Kier molecular flexibility index (Phi) is 4.95. The lowest BCUT2D eigenvalue weighted by atomic mass is 9.98. The van der Waals surface area contributed by atoms with Gasteiger partial charge in [-0.05, 0) is 60.0 Å². The largest absolute Gasteiger partial charge is 0.307 e. The van der Waals surface area contributed by atoms with Crippen molar-refractivity contribution in [3.63, 3.8) is 0 Å². The predicted molar refractivity (Wildman–Crippen MR) is 125 cm³/mol. The van der Waals surface area contributed by atoms with Crippen LogP contribution in [0.15, 0.2) is 73.1 Å². The quantitative estimate of drug-likeness (QED) is 0.424. The van der Waals surface area contributed by atoms with E-state index in [0.717, 1.165) is 22.3 Å². The van der Waals surface area contributed by atoms with Crippen molar-refractivity contribution in [2.75, 3.05) is 5.32 Å². The Morgan fingerprint density at radius 2 is 1.84 bits per heavy atom. The molecule has 1 N–H and O–H groups in total. The third-order valence-electron chi connectivity index (χ3n) is 5.40. The average Bonchev–Trinajstić information content (AvgIpc) is 3.40. The summed E-state index contributed by atoms with van der Waals surface area (Å²) in [5.74, 6) is 1.12. The van der Waals surface area contributed by atoms with Gasteiger partial charge in [-0.1, -0.05) is 29.8 Å². The number of fused-ring (bicyclic) bond motifs is 1. The normalized spacial score (nSPS) is 11.1. The Morgan fingerprint density at radius 1 is 1.00 bits per heavy atom. The fraction of sp³-hybridized carbons (Fsp3) is 0.0833. The Balaban J connectivity index is 1.51. The van der Waals surface area contributed by atoms with Crippen LogP contribution in [0.4, 0.5) is 5.82 Å². The number of hydrogen-bond donors (Lipinski definition) is 1. The third kappa shape index (κ3) is 3.52. The molecule has 5 rings (SSSR count). The summed E-state index contributed by atoms with van der Waals surface area (Å²) < 4.78 is 3.52. The molecule has 1 amide bonds. The highest BCUT2D eigenvalue weighted by Gasteiger charge is 2.14. The number of aromatic nitrogens is 5. The van der Waals surface area contributed by atoms with Gasteiger partial charge in [-0.2, -0.15) is 5.10 Å². The minimum absolute atomic E-state index is 0.195. The first-order valence-corrected chi connectivity index (χ1v) is 10.4. The van der Waals surface area contributed by atoms with Crippen LogP contribution >= 0.6 is 11.6 Å². The SMILES string of the molecule is Cc1ccc(C(=O)Nc2ccnn2C)cc1-c1ccn2c(-c3ccccc3Cl)nnc2c1. The number of nitrogens with one attached hydrogen (secondary N) is 1. The van der Waals surface area contributed by atoms with Crippen LogP contribution in [0, 0.1) is 6.92 Å². The second kappa shape index (κ2) is 7.94. The van der Waals surface area contributed by atoms with Crippen LogP contribution < -0.4 is 5.32 Å². The Labute approximate surface area is 189 Å². The highest BCUT2D eigenvalue weighted by atomic mass is 35.5. The maximum Gasteiger partial charge on any atom is 0.256 e. The van der Waals surface area contributed by atoms with E-state index in [1.807, 2.05) is 72.1 Å². The number of hydrogen-bond acceptors (Lipinski definition) is 4. The molecule has 0 unspecified atom stereocenters. The Bertz CT molecular complexity index is 1470. The van der Waals surface area contributed by atoms with Gasteiger partial charge in [-0.25, -0.2) is 0 Å². The molecule has 0 saturated carbocycles. The number of pyridine rings is 1. The monoisotopic (exact) mass is 442 g/mol. The summed E-state index contributed by atoms with van der Waals surface area (Å²) >= 11 is 6.35. The van der Waals surface area contributed by atoms with E-state index in [0.29, 0.717) is 27.9 Å². The van der Waals surface area contributed by atoms with Gasteiger partial charge in [0.25, 0.3) is 5.91 Å². The molecule has 5 aromatic rings. The van der Waals surface area contributed by atoms with Crippen molar-refractivity contribution in [3.8, 4) is 22.5 Å². The van der Waals surface area contributed by atoms with Gasteiger partial charge in [0.05, 0.1) is 11.2 Å². The van der Waals surface area contributed by atoms with Crippen LogP contribution in [0.2, 0.25) is 5.02 Å². The first kappa shape index (κ1) is 20.0. The molecule has 0 spiro atoms. The van der Waals surface area contributed by atoms with E-state index < -0.39 is 0 Å². The maximum atomic E-state index is 12.8. The summed E-state index contributed by atoms with van der Waals surface area (Å²) in [6.45, 7) is 2.02. The van der Waals surface area contributed by atoms with Crippen molar-refractivity contribution in [1.82, 2.24) is 24.4 Å². The lowest BCUT2D eigenvalue weighted by Gasteiger charge is -2.11. The molecule has 3 heterocycles. The zero-order valence-corrected chi connectivity index (χ0v) is 18.2. The first-order chi connectivity index (χ1) is 15.5. The molecule has 0 bridgehead atoms. The van der Waals surface area contributed by atoms with E-state index in [2.05, 4.69) is 20.6 Å². The van der Waals surface area contributed by atoms with Crippen molar-refractivity contribution in [2.45, 2.75) is 6.92 Å². The van der Waals surface area contributed by atoms with Gasteiger partial charge < -0.3 is 5.32 Å². The highest BCUT2D eigenvalue weighted by Crippen LogP contribution is 2.29. The van der Waals surface area contributed by atoms with Gasteiger partial charge in [0.1, 0.15) is 5.82 Å². The van der Waals surface area contributed by atoms with E-state index in [4.69, 9.17) is 11.6 Å². The van der Waals surface area contributed by atoms with Gasteiger partial charge >= 0.3 is 0 Å². The lowest BCUT2D eigenvalue weighted by molar-refractivity contribution is 0.102. The number of carbonyl (C=O) groups excluding carboxylic acids is 1. The van der Waals surface area contributed by atoms with Gasteiger partial charge in [-0.15, -0.1) is 10.2 Å². The summed E-state index contributed by atoms with van der Waals surface area (Å²) in [5, 5.41) is 16.3. The van der Waals surface area contributed by atoms with Crippen molar-refractivity contribution < 1.29 is 4.79 Å². The van der Waals surface area contributed by atoms with Gasteiger partial charge in [0, 0.05) is 30.4 Å². The van der Waals surface area contributed by atoms with Crippen LogP contribution in [0.25, 0.3) is 28.2 Å². The van der Waals surface area contributed by atoms with E-state index >= 15 is 0 Å². The topological polar surface area (TPSA) is 77.1 Å². The minimum atomic E-state index is -0.195. The number of carbonyl (C=O) groups is 1. The Hall–Kier alpha value is -3.97. The molecule has 158 valence electrons. The molecule has 0 aliphatic rings. The Morgan fingerprint density at radius 3 is 2.62 bits per heavy atom. The van der Waals surface area contributed by atoms with E-state index in [1.165, 1.54) is 0 Å². The van der Waals surface area contributed by atoms with Crippen molar-refractivity contribution in [2.24, 2.45) is 7.05 Å². The number of halogens is 1. The highest BCUT2D eigenvalue weighted by molar-refractivity contribution is 6.33. The van der Waals surface area contributed by atoms with Crippen molar-refractivity contribution in [1.29, 1.82) is 0 Å². The summed E-state index contributed by atoms with van der Waals surface area (Å²) in [4.78, 5) is 12.8. The molecule has 7 nitrogen and oxygen atoms in total. The van der Waals surface area contributed by atoms with E-state index in [9.17, 15) is 4.79 Å². The molecule has 0 saturated heterocycles. The van der Waals surface area contributed by atoms with Crippen LogP contribution in [0.1, 0.15) is 15.9 Å². The molecule has 8 heteroatoms. The van der Waals surface area contributed by atoms with Crippen LogP contribution in [0.3, 0.4) is 0 Å². The number of aryl methyl sites for hydroxylation is 2.